The van der Waals surface area contributed by atoms with Gasteiger partial charge in [-0.2, -0.15) is 0 Å². The number of carboxylic acids is 1. The van der Waals surface area contributed by atoms with E-state index in [9.17, 15) is 14.7 Å². The van der Waals surface area contributed by atoms with Crippen LogP contribution in [0.25, 0.3) is 0 Å². The van der Waals surface area contributed by atoms with Crippen molar-refractivity contribution in [3.05, 3.63) is 0 Å². The summed E-state index contributed by atoms with van der Waals surface area (Å²) in [6.45, 7) is 2.94. The molecule has 1 aliphatic heterocycles. The van der Waals surface area contributed by atoms with Crippen LogP contribution in [-0.2, 0) is 9.59 Å². The fourth-order valence-corrected chi connectivity index (χ4v) is 4.02. The number of nitrogens with zero attached hydrogens (tertiary/aromatic N) is 1. The van der Waals surface area contributed by atoms with Gasteiger partial charge in [-0.05, 0) is 32.1 Å². The van der Waals surface area contributed by atoms with Crippen LogP contribution in [0.3, 0.4) is 0 Å². The molecule has 1 saturated carbocycles. The Morgan fingerprint density at radius 1 is 1.10 bits per heavy atom. The quantitative estimate of drug-likeness (QED) is 0.862. The predicted molar refractivity (Wildman–Crippen MR) is 82.0 cm³/mol. The van der Waals surface area contributed by atoms with Gasteiger partial charge in [0, 0.05) is 19.0 Å². The lowest BCUT2D eigenvalue weighted by Crippen LogP contribution is -2.44. The summed E-state index contributed by atoms with van der Waals surface area (Å²) >= 11 is 0. The molecule has 1 saturated heterocycles. The molecule has 2 fully saturated rings. The largest absolute Gasteiger partial charge is 0.481 e. The SMILES string of the molecule is CCC1CCCCCN1C(=O)CC1(C(=O)O)CCCCC1. The van der Waals surface area contributed by atoms with Crippen molar-refractivity contribution < 1.29 is 14.7 Å². The molecule has 1 unspecified atom stereocenters. The maximum Gasteiger partial charge on any atom is 0.310 e. The Kier molecular flexibility index (Phi) is 5.65. The average molecular weight is 295 g/mol. The van der Waals surface area contributed by atoms with Crippen molar-refractivity contribution in [3.8, 4) is 0 Å². The van der Waals surface area contributed by atoms with Gasteiger partial charge in [-0.3, -0.25) is 9.59 Å². The fourth-order valence-electron chi connectivity index (χ4n) is 4.02. The zero-order chi connectivity index (χ0) is 15.3. The molecule has 2 aliphatic rings. The van der Waals surface area contributed by atoms with E-state index in [0.717, 1.165) is 45.1 Å². The summed E-state index contributed by atoms with van der Waals surface area (Å²) in [6.07, 6.45) is 10.0. The van der Waals surface area contributed by atoms with Crippen LogP contribution in [-0.4, -0.2) is 34.5 Å². The summed E-state index contributed by atoms with van der Waals surface area (Å²) < 4.78 is 0. The minimum Gasteiger partial charge on any atom is -0.481 e. The highest BCUT2D eigenvalue weighted by Gasteiger charge is 2.42. The number of rotatable bonds is 4. The number of hydrogen-bond donors (Lipinski definition) is 1. The van der Waals surface area contributed by atoms with Crippen LogP contribution in [0.2, 0.25) is 0 Å². The van der Waals surface area contributed by atoms with Crippen LogP contribution in [0.1, 0.15) is 77.6 Å². The number of carboxylic acid groups (broad SMARTS) is 1. The topological polar surface area (TPSA) is 57.6 Å². The molecule has 0 aromatic heterocycles. The van der Waals surface area contributed by atoms with Crippen molar-refractivity contribution in [1.82, 2.24) is 4.90 Å². The van der Waals surface area contributed by atoms with Gasteiger partial charge in [-0.1, -0.05) is 39.0 Å². The van der Waals surface area contributed by atoms with Crippen LogP contribution in [0.5, 0.6) is 0 Å². The molecule has 120 valence electrons. The highest BCUT2D eigenvalue weighted by Crippen LogP contribution is 2.40. The van der Waals surface area contributed by atoms with Crippen LogP contribution in [0.15, 0.2) is 0 Å². The molecule has 1 amide bonds. The minimum atomic E-state index is -0.792. The Hall–Kier alpha value is -1.06. The maximum atomic E-state index is 12.8. The van der Waals surface area contributed by atoms with Crippen LogP contribution >= 0.6 is 0 Å². The van der Waals surface area contributed by atoms with Gasteiger partial charge in [-0.25, -0.2) is 0 Å². The average Bonchev–Trinajstić information content (AvgIpc) is 2.73. The van der Waals surface area contributed by atoms with Crippen molar-refractivity contribution >= 4 is 11.9 Å². The first-order valence-corrected chi connectivity index (χ1v) is 8.62. The standard InChI is InChI=1S/C17H29NO3/c1-2-14-9-5-3-8-12-18(14)15(19)13-17(16(20)21)10-6-4-7-11-17/h14H,2-13H2,1H3,(H,20,21). The normalized spacial score (nSPS) is 26.1. The van der Waals surface area contributed by atoms with Gasteiger partial charge in [0.2, 0.25) is 5.91 Å². The first-order valence-electron chi connectivity index (χ1n) is 8.62. The highest BCUT2D eigenvalue weighted by molar-refractivity contribution is 5.85. The summed E-state index contributed by atoms with van der Waals surface area (Å²) in [5, 5.41) is 9.64. The second kappa shape index (κ2) is 7.28. The summed E-state index contributed by atoms with van der Waals surface area (Å²) in [4.78, 5) is 26.5. The molecule has 1 aliphatic carbocycles. The molecule has 21 heavy (non-hydrogen) atoms. The van der Waals surface area contributed by atoms with E-state index in [-0.39, 0.29) is 12.3 Å². The fraction of sp³-hybridized carbons (Fsp3) is 0.882. The number of carbonyl (C=O) groups excluding carboxylic acids is 1. The monoisotopic (exact) mass is 295 g/mol. The number of aliphatic carboxylic acids is 1. The molecule has 2 rings (SSSR count). The minimum absolute atomic E-state index is 0.0769. The second-order valence-corrected chi connectivity index (χ2v) is 6.82. The third kappa shape index (κ3) is 3.78. The van der Waals surface area contributed by atoms with Gasteiger partial charge in [0.15, 0.2) is 0 Å². The number of carbonyl (C=O) groups is 2. The van der Waals surface area contributed by atoms with Gasteiger partial charge in [0.1, 0.15) is 0 Å². The number of likely N-dealkylation sites (tertiary alicyclic amines) is 1. The van der Waals surface area contributed by atoms with E-state index in [2.05, 4.69) is 6.92 Å². The molecule has 0 radical (unpaired) electrons. The Morgan fingerprint density at radius 3 is 2.38 bits per heavy atom. The van der Waals surface area contributed by atoms with Gasteiger partial charge >= 0.3 is 5.97 Å². The van der Waals surface area contributed by atoms with Crippen LogP contribution in [0, 0.1) is 5.41 Å². The van der Waals surface area contributed by atoms with E-state index < -0.39 is 11.4 Å². The molecule has 0 bridgehead atoms. The van der Waals surface area contributed by atoms with Gasteiger partial charge < -0.3 is 10.0 Å². The number of amides is 1. The molecule has 4 nitrogen and oxygen atoms in total. The van der Waals surface area contributed by atoms with Crippen LogP contribution < -0.4 is 0 Å². The van der Waals surface area contributed by atoms with E-state index in [4.69, 9.17) is 0 Å². The maximum absolute atomic E-state index is 12.8. The first kappa shape index (κ1) is 16.3. The number of hydrogen-bond acceptors (Lipinski definition) is 2. The third-order valence-electron chi connectivity index (χ3n) is 5.42. The van der Waals surface area contributed by atoms with E-state index in [0.29, 0.717) is 18.9 Å². The van der Waals surface area contributed by atoms with Gasteiger partial charge in [0.05, 0.1) is 5.41 Å². The Morgan fingerprint density at radius 2 is 1.76 bits per heavy atom. The summed E-state index contributed by atoms with van der Waals surface area (Å²) in [5.74, 6) is -0.688. The van der Waals surface area contributed by atoms with E-state index in [1.165, 1.54) is 12.8 Å². The summed E-state index contributed by atoms with van der Waals surface area (Å²) in [7, 11) is 0. The molecule has 0 aromatic carbocycles. The highest BCUT2D eigenvalue weighted by atomic mass is 16.4. The van der Waals surface area contributed by atoms with Crippen LogP contribution in [0.4, 0.5) is 0 Å². The second-order valence-electron chi connectivity index (χ2n) is 6.82. The lowest BCUT2D eigenvalue weighted by molar-refractivity contribution is -0.156. The lowest BCUT2D eigenvalue weighted by Gasteiger charge is -2.36. The Labute approximate surface area is 127 Å². The molecular formula is C17H29NO3. The van der Waals surface area contributed by atoms with E-state index >= 15 is 0 Å². The molecule has 1 atom stereocenters. The van der Waals surface area contributed by atoms with Crippen molar-refractivity contribution in [2.75, 3.05) is 6.54 Å². The van der Waals surface area contributed by atoms with Crippen molar-refractivity contribution in [3.63, 3.8) is 0 Å². The zero-order valence-electron chi connectivity index (χ0n) is 13.3. The molecule has 0 spiro atoms. The Balaban J connectivity index is 2.08. The van der Waals surface area contributed by atoms with E-state index in [1.807, 2.05) is 4.90 Å². The first-order chi connectivity index (χ1) is 10.1. The van der Waals surface area contributed by atoms with Crippen molar-refractivity contribution in [2.45, 2.75) is 83.6 Å². The van der Waals surface area contributed by atoms with Crippen molar-refractivity contribution in [1.29, 1.82) is 0 Å². The zero-order valence-corrected chi connectivity index (χ0v) is 13.3. The van der Waals surface area contributed by atoms with Crippen molar-refractivity contribution in [2.24, 2.45) is 5.41 Å². The van der Waals surface area contributed by atoms with Gasteiger partial charge in [0.25, 0.3) is 0 Å². The summed E-state index contributed by atoms with van der Waals surface area (Å²) in [6, 6.07) is 0.314. The molecule has 4 heteroatoms. The smallest absolute Gasteiger partial charge is 0.310 e. The summed E-state index contributed by atoms with van der Waals surface area (Å²) in [5.41, 5.74) is -0.792. The van der Waals surface area contributed by atoms with E-state index in [1.54, 1.807) is 0 Å². The molecule has 1 heterocycles. The predicted octanol–water partition coefficient (Wildman–Crippen LogP) is 3.59. The lowest BCUT2D eigenvalue weighted by atomic mass is 9.71. The third-order valence-corrected chi connectivity index (χ3v) is 5.42. The molecule has 1 N–H and O–H groups in total. The molecule has 0 aromatic rings. The molecular weight excluding hydrogens is 266 g/mol. The van der Waals surface area contributed by atoms with Gasteiger partial charge in [-0.15, -0.1) is 0 Å². The Bertz CT molecular complexity index is 374.